The van der Waals surface area contributed by atoms with Gasteiger partial charge in [-0.2, -0.15) is 0 Å². The SMILES string of the molecule is O=C1NN(c2ccccc2)C(=O)C1=Cc1cc(Cl)ccc1OCc1ccc(C(=O)O)cc1. The van der Waals surface area contributed by atoms with E-state index in [-0.39, 0.29) is 17.7 Å². The number of halogens is 1. The van der Waals surface area contributed by atoms with E-state index in [1.54, 1.807) is 54.6 Å². The molecule has 0 unspecified atom stereocenters. The third-order valence-corrected chi connectivity index (χ3v) is 5.01. The summed E-state index contributed by atoms with van der Waals surface area (Å²) >= 11 is 6.13. The molecule has 0 aromatic heterocycles. The molecule has 1 heterocycles. The smallest absolute Gasteiger partial charge is 0.335 e. The van der Waals surface area contributed by atoms with Crippen molar-refractivity contribution in [3.63, 3.8) is 0 Å². The van der Waals surface area contributed by atoms with Crippen molar-refractivity contribution in [3.05, 3.63) is 100 Å². The Labute approximate surface area is 188 Å². The Hall–Kier alpha value is -4.10. The molecular formula is C24H17ClN2O5. The van der Waals surface area contributed by atoms with E-state index in [4.69, 9.17) is 21.4 Å². The third kappa shape index (κ3) is 4.48. The maximum Gasteiger partial charge on any atom is 0.335 e. The monoisotopic (exact) mass is 448 g/mol. The second-order valence-corrected chi connectivity index (χ2v) is 7.38. The van der Waals surface area contributed by atoms with Crippen LogP contribution < -0.4 is 15.2 Å². The number of anilines is 1. The van der Waals surface area contributed by atoms with Gasteiger partial charge in [0.25, 0.3) is 11.8 Å². The Balaban J connectivity index is 1.58. The molecule has 2 N–H and O–H groups in total. The minimum absolute atomic E-state index is 0.0493. The summed E-state index contributed by atoms with van der Waals surface area (Å²) in [6.07, 6.45) is 1.44. The number of carboxylic acids is 1. The van der Waals surface area contributed by atoms with E-state index in [0.717, 1.165) is 5.56 Å². The van der Waals surface area contributed by atoms with Gasteiger partial charge >= 0.3 is 5.97 Å². The number of rotatable bonds is 6. The first-order chi connectivity index (χ1) is 15.4. The van der Waals surface area contributed by atoms with Crippen LogP contribution in [0.3, 0.4) is 0 Å². The van der Waals surface area contributed by atoms with E-state index in [1.807, 2.05) is 6.07 Å². The molecule has 2 amide bonds. The lowest BCUT2D eigenvalue weighted by molar-refractivity contribution is -0.117. The molecule has 1 aliphatic rings. The highest BCUT2D eigenvalue weighted by Gasteiger charge is 2.34. The number of carboxylic acid groups (broad SMARTS) is 1. The zero-order chi connectivity index (χ0) is 22.7. The lowest BCUT2D eigenvalue weighted by atomic mass is 10.1. The van der Waals surface area contributed by atoms with E-state index in [2.05, 4.69) is 5.43 Å². The average molecular weight is 449 g/mol. The van der Waals surface area contributed by atoms with Gasteiger partial charge in [-0.05, 0) is 54.1 Å². The average Bonchev–Trinajstić information content (AvgIpc) is 3.08. The van der Waals surface area contributed by atoms with Crippen molar-refractivity contribution >= 4 is 41.1 Å². The van der Waals surface area contributed by atoms with Crippen molar-refractivity contribution in [2.45, 2.75) is 6.61 Å². The van der Waals surface area contributed by atoms with Crippen LogP contribution in [0.1, 0.15) is 21.5 Å². The number of hydrogen-bond donors (Lipinski definition) is 2. The fourth-order valence-electron chi connectivity index (χ4n) is 3.14. The molecule has 32 heavy (non-hydrogen) atoms. The highest BCUT2D eigenvalue weighted by atomic mass is 35.5. The summed E-state index contributed by atoms with van der Waals surface area (Å²) in [7, 11) is 0. The second kappa shape index (κ2) is 8.95. The number of para-hydroxylation sites is 1. The number of aromatic carboxylic acids is 1. The quantitative estimate of drug-likeness (QED) is 0.437. The number of ether oxygens (including phenoxy) is 1. The third-order valence-electron chi connectivity index (χ3n) is 4.77. The van der Waals surface area contributed by atoms with Gasteiger partial charge in [-0.3, -0.25) is 15.0 Å². The van der Waals surface area contributed by atoms with Gasteiger partial charge in [0.1, 0.15) is 17.9 Å². The molecule has 0 bridgehead atoms. The molecule has 0 atom stereocenters. The lowest BCUT2D eigenvalue weighted by Gasteiger charge is -2.14. The maximum absolute atomic E-state index is 12.8. The van der Waals surface area contributed by atoms with Gasteiger partial charge in [0.2, 0.25) is 0 Å². The van der Waals surface area contributed by atoms with Crippen LogP contribution in [0.2, 0.25) is 5.02 Å². The van der Waals surface area contributed by atoms with Crippen molar-refractivity contribution in [1.82, 2.24) is 5.43 Å². The van der Waals surface area contributed by atoms with Gasteiger partial charge in [-0.25, -0.2) is 9.80 Å². The van der Waals surface area contributed by atoms with Gasteiger partial charge in [-0.1, -0.05) is 41.9 Å². The van der Waals surface area contributed by atoms with E-state index in [1.165, 1.54) is 23.2 Å². The summed E-state index contributed by atoms with van der Waals surface area (Å²) < 4.78 is 5.86. The molecule has 1 fully saturated rings. The van der Waals surface area contributed by atoms with Crippen LogP contribution >= 0.6 is 11.6 Å². The number of nitrogens with one attached hydrogen (secondary N) is 1. The topological polar surface area (TPSA) is 95.9 Å². The normalized spacial score (nSPS) is 14.5. The van der Waals surface area contributed by atoms with Gasteiger partial charge in [0.15, 0.2) is 0 Å². The molecule has 4 rings (SSSR count). The molecule has 7 nitrogen and oxygen atoms in total. The molecule has 3 aromatic carbocycles. The standard InChI is InChI=1S/C24H17ClN2O5/c25-18-10-11-21(32-14-15-6-8-16(9-7-15)24(30)31)17(12-18)13-20-22(28)26-27(23(20)29)19-4-2-1-3-5-19/h1-13H,14H2,(H,26,28)(H,30,31). The van der Waals surface area contributed by atoms with Gasteiger partial charge < -0.3 is 9.84 Å². The maximum atomic E-state index is 12.8. The van der Waals surface area contributed by atoms with Crippen molar-refractivity contribution in [2.75, 3.05) is 5.01 Å². The Morgan fingerprint density at radius 2 is 1.75 bits per heavy atom. The molecule has 1 aliphatic heterocycles. The zero-order valence-electron chi connectivity index (χ0n) is 16.6. The highest BCUT2D eigenvalue weighted by Crippen LogP contribution is 2.28. The zero-order valence-corrected chi connectivity index (χ0v) is 17.4. The van der Waals surface area contributed by atoms with Crippen LogP contribution in [-0.4, -0.2) is 22.9 Å². The molecule has 160 valence electrons. The van der Waals surface area contributed by atoms with E-state index in [0.29, 0.717) is 22.0 Å². The highest BCUT2D eigenvalue weighted by molar-refractivity contribution is 6.32. The van der Waals surface area contributed by atoms with Crippen LogP contribution in [0.4, 0.5) is 5.69 Å². The molecule has 0 radical (unpaired) electrons. The number of carbonyl (C=O) groups excluding carboxylic acids is 2. The fraction of sp³-hybridized carbons (Fsp3) is 0.0417. The Kier molecular flexibility index (Phi) is 5.91. The molecule has 3 aromatic rings. The van der Waals surface area contributed by atoms with Crippen LogP contribution in [0.5, 0.6) is 5.75 Å². The molecule has 0 saturated carbocycles. The number of hydrogen-bond acceptors (Lipinski definition) is 4. The molecule has 8 heteroatoms. The largest absolute Gasteiger partial charge is 0.488 e. The van der Waals surface area contributed by atoms with E-state index < -0.39 is 17.8 Å². The molecular weight excluding hydrogens is 432 g/mol. The predicted molar refractivity (Wildman–Crippen MR) is 119 cm³/mol. The minimum Gasteiger partial charge on any atom is -0.488 e. The first-order valence-corrected chi connectivity index (χ1v) is 9.97. The van der Waals surface area contributed by atoms with Crippen LogP contribution in [-0.2, 0) is 16.2 Å². The Morgan fingerprint density at radius 3 is 2.44 bits per heavy atom. The Morgan fingerprint density at radius 1 is 1.03 bits per heavy atom. The number of amides is 2. The predicted octanol–water partition coefficient (Wildman–Crippen LogP) is 4.08. The van der Waals surface area contributed by atoms with Crippen molar-refractivity contribution in [3.8, 4) is 5.75 Å². The minimum atomic E-state index is -1.01. The van der Waals surface area contributed by atoms with Crippen molar-refractivity contribution in [2.24, 2.45) is 0 Å². The van der Waals surface area contributed by atoms with Crippen molar-refractivity contribution < 1.29 is 24.2 Å². The summed E-state index contributed by atoms with van der Waals surface area (Å²) in [5.74, 6) is -1.61. The summed E-state index contributed by atoms with van der Waals surface area (Å²) in [6, 6.07) is 20.0. The lowest BCUT2D eigenvalue weighted by Crippen LogP contribution is -2.35. The summed E-state index contributed by atoms with van der Waals surface area (Å²) in [5.41, 5.74) is 4.45. The molecule has 1 saturated heterocycles. The first-order valence-electron chi connectivity index (χ1n) is 9.59. The summed E-state index contributed by atoms with van der Waals surface area (Å²) in [6.45, 7) is 0.161. The van der Waals surface area contributed by atoms with Crippen molar-refractivity contribution in [1.29, 1.82) is 0 Å². The summed E-state index contributed by atoms with van der Waals surface area (Å²) in [5, 5.41) is 10.6. The summed E-state index contributed by atoms with van der Waals surface area (Å²) in [4.78, 5) is 36.3. The van der Waals surface area contributed by atoms with Gasteiger partial charge in [-0.15, -0.1) is 0 Å². The van der Waals surface area contributed by atoms with Crippen LogP contribution in [0.15, 0.2) is 78.4 Å². The van der Waals surface area contributed by atoms with E-state index in [9.17, 15) is 14.4 Å². The first kappa shape index (κ1) is 21.1. The fourth-order valence-corrected chi connectivity index (χ4v) is 3.32. The number of hydrazine groups is 1. The molecule has 0 spiro atoms. The van der Waals surface area contributed by atoms with Crippen LogP contribution in [0, 0.1) is 0 Å². The molecule has 0 aliphatic carbocycles. The van der Waals surface area contributed by atoms with Gasteiger partial charge in [0, 0.05) is 10.6 Å². The van der Waals surface area contributed by atoms with Gasteiger partial charge in [0.05, 0.1) is 11.3 Å². The number of carbonyl (C=O) groups is 3. The van der Waals surface area contributed by atoms with Crippen LogP contribution in [0.25, 0.3) is 6.08 Å². The second-order valence-electron chi connectivity index (χ2n) is 6.95. The number of nitrogens with zero attached hydrogens (tertiary/aromatic N) is 1. The van der Waals surface area contributed by atoms with E-state index >= 15 is 0 Å². The number of benzene rings is 3. The Bertz CT molecular complexity index is 1220.